The first-order chi connectivity index (χ1) is 7.70. The fraction of sp³-hybridized carbons (Fsp3) is 0.167. The quantitative estimate of drug-likeness (QED) is 0.870. The van der Waals surface area contributed by atoms with Crippen molar-refractivity contribution in [2.24, 2.45) is 0 Å². The van der Waals surface area contributed by atoms with Crippen molar-refractivity contribution >= 4 is 34.5 Å². The molecule has 2 aromatic rings. The normalized spacial score (nSPS) is 10.7. The van der Waals surface area contributed by atoms with Crippen LogP contribution in [0.25, 0.3) is 11.1 Å². The van der Waals surface area contributed by atoms with E-state index in [4.69, 9.17) is 23.2 Å². The van der Waals surface area contributed by atoms with E-state index in [0.717, 1.165) is 22.7 Å². The van der Waals surface area contributed by atoms with E-state index in [1.807, 2.05) is 19.2 Å². The molecule has 0 spiro atoms. The van der Waals surface area contributed by atoms with Gasteiger partial charge in [0.05, 0.1) is 0 Å². The Morgan fingerprint density at radius 3 is 2.81 bits per heavy atom. The summed E-state index contributed by atoms with van der Waals surface area (Å²) in [5.74, 6) is 0. The summed E-state index contributed by atoms with van der Waals surface area (Å²) in [5, 5.41) is 6.67. The predicted molar refractivity (Wildman–Crippen MR) is 72.5 cm³/mol. The zero-order valence-electron chi connectivity index (χ0n) is 8.76. The van der Waals surface area contributed by atoms with Crippen LogP contribution in [0.5, 0.6) is 0 Å². The topological polar surface area (TPSA) is 12.0 Å². The van der Waals surface area contributed by atoms with E-state index in [9.17, 15) is 0 Å². The standard InChI is InChI=1S/C12H11Cl2NS/c1-15-6-10-4-8(7-16-10)11-5-9(13)2-3-12(11)14/h2-5,7,15H,6H2,1H3. The number of benzene rings is 1. The summed E-state index contributed by atoms with van der Waals surface area (Å²) in [6, 6.07) is 7.66. The van der Waals surface area contributed by atoms with Crippen molar-refractivity contribution in [1.82, 2.24) is 5.32 Å². The van der Waals surface area contributed by atoms with Crippen molar-refractivity contribution in [3.8, 4) is 11.1 Å². The maximum Gasteiger partial charge on any atom is 0.0485 e. The second kappa shape index (κ2) is 5.19. The molecule has 1 N–H and O–H groups in total. The maximum absolute atomic E-state index is 6.15. The second-order valence-corrected chi connectivity index (χ2v) is 5.30. The van der Waals surface area contributed by atoms with Crippen LogP contribution < -0.4 is 5.32 Å². The average molecular weight is 272 g/mol. The van der Waals surface area contributed by atoms with Gasteiger partial charge < -0.3 is 5.32 Å². The number of rotatable bonds is 3. The summed E-state index contributed by atoms with van der Waals surface area (Å²) < 4.78 is 0. The molecule has 84 valence electrons. The van der Waals surface area contributed by atoms with Gasteiger partial charge in [-0.3, -0.25) is 0 Å². The molecule has 4 heteroatoms. The van der Waals surface area contributed by atoms with E-state index in [-0.39, 0.29) is 0 Å². The van der Waals surface area contributed by atoms with Crippen molar-refractivity contribution in [3.05, 3.63) is 44.6 Å². The van der Waals surface area contributed by atoms with E-state index in [1.54, 1.807) is 17.4 Å². The molecule has 0 bridgehead atoms. The Bertz CT molecular complexity index is 494. The van der Waals surface area contributed by atoms with E-state index < -0.39 is 0 Å². The molecule has 0 unspecified atom stereocenters. The monoisotopic (exact) mass is 271 g/mol. The van der Waals surface area contributed by atoms with Crippen molar-refractivity contribution in [2.45, 2.75) is 6.54 Å². The number of thiophene rings is 1. The second-order valence-electron chi connectivity index (χ2n) is 3.46. The molecule has 1 nitrogen and oxygen atoms in total. The number of hydrogen-bond acceptors (Lipinski definition) is 2. The third-order valence-electron chi connectivity index (χ3n) is 2.24. The lowest BCUT2D eigenvalue weighted by Gasteiger charge is -2.01. The average Bonchev–Trinajstić information content (AvgIpc) is 2.71. The molecule has 1 aromatic heterocycles. The SMILES string of the molecule is CNCc1cc(-c2cc(Cl)ccc2Cl)cs1. The minimum absolute atomic E-state index is 0.709. The third-order valence-corrected chi connectivity index (χ3v) is 3.75. The summed E-state index contributed by atoms with van der Waals surface area (Å²) in [6.45, 7) is 0.878. The Hall–Kier alpha value is -0.540. The van der Waals surface area contributed by atoms with Crippen LogP contribution in [0.15, 0.2) is 29.6 Å². The number of halogens is 2. The highest BCUT2D eigenvalue weighted by atomic mass is 35.5. The smallest absolute Gasteiger partial charge is 0.0485 e. The lowest BCUT2D eigenvalue weighted by molar-refractivity contribution is 0.831. The first-order valence-electron chi connectivity index (χ1n) is 4.88. The van der Waals surface area contributed by atoms with Gasteiger partial charge in [0.15, 0.2) is 0 Å². The Kier molecular flexibility index (Phi) is 3.87. The van der Waals surface area contributed by atoms with Gasteiger partial charge in [0.2, 0.25) is 0 Å². The molecular weight excluding hydrogens is 261 g/mol. The number of nitrogens with one attached hydrogen (secondary N) is 1. The molecule has 16 heavy (non-hydrogen) atoms. The van der Waals surface area contributed by atoms with Gasteiger partial charge in [-0.2, -0.15) is 0 Å². The molecule has 0 aliphatic heterocycles. The maximum atomic E-state index is 6.15. The highest BCUT2D eigenvalue weighted by Crippen LogP contribution is 2.33. The molecule has 0 aliphatic rings. The van der Waals surface area contributed by atoms with Crippen molar-refractivity contribution in [3.63, 3.8) is 0 Å². The largest absolute Gasteiger partial charge is 0.315 e. The highest BCUT2D eigenvalue weighted by Gasteiger charge is 2.06. The molecule has 0 radical (unpaired) electrons. The summed E-state index contributed by atoms with van der Waals surface area (Å²) in [4.78, 5) is 1.29. The lowest BCUT2D eigenvalue weighted by atomic mass is 10.1. The first-order valence-corrected chi connectivity index (χ1v) is 6.51. The first kappa shape index (κ1) is 11.9. The van der Waals surface area contributed by atoms with Gasteiger partial charge in [0.25, 0.3) is 0 Å². The van der Waals surface area contributed by atoms with Gasteiger partial charge in [-0.15, -0.1) is 11.3 Å². The fourth-order valence-electron chi connectivity index (χ4n) is 1.51. The molecule has 0 saturated carbocycles. The molecule has 0 amide bonds. The van der Waals surface area contributed by atoms with E-state index in [1.165, 1.54) is 4.88 Å². The van der Waals surface area contributed by atoms with Crippen LogP contribution in [0.1, 0.15) is 4.88 Å². The van der Waals surface area contributed by atoms with Gasteiger partial charge >= 0.3 is 0 Å². The van der Waals surface area contributed by atoms with E-state index >= 15 is 0 Å². The van der Waals surface area contributed by atoms with Crippen LogP contribution in [0.3, 0.4) is 0 Å². The lowest BCUT2D eigenvalue weighted by Crippen LogP contribution is -2.02. The third kappa shape index (κ3) is 2.58. The zero-order chi connectivity index (χ0) is 11.5. The summed E-state index contributed by atoms with van der Waals surface area (Å²) >= 11 is 13.8. The van der Waals surface area contributed by atoms with Crippen LogP contribution in [-0.4, -0.2) is 7.05 Å². The highest BCUT2D eigenvalue weighted by molar-refractivity contribution is 7.10. The van der Waals surface area contributed by atoms with E-state index in [2.05, 4.69) is 16.8 Å². The molecule has 1 heterocycles. The Labute approximate surface area is 109 Å². The van der Waals surface area contributed by atoms with Crippen LogP contribution in [0.4, 0.5) is 0 Å². The minimum Gasteiger partial charge on any atom is -0.315 e. The molecule has 0 saturated heterocycles. The molecule has 0 aliphatic carbocycles. The van der Waals surface area contributed by atoms with Crippen LogP contribution >= 0.6 is 34.5 Å². The summed E-state index contributed by atoms with van der Waals surface area (Å²) in [7, 11) is 1.94. The molecule has 0 fully saturated rings. The van der Waals surface area contributed by atoms with Gasteiger partial charge in [0.1, 0.15) is 0 Å². The van der Waals surface area contributed by atoms with Gasteiger partial charge in [-0.1, -0.05) is 23.2 Å². The minimum atomic E-state index is 0.709. The van der Waals surface area contributed by atoms with Crippen molar-refractivity contribution in [1.29, 1.82) is 0 Å². The van der Waals surface area contributed by atoms with Gasteiger partial charge in [-0.05, 0) is 42.3 Å². The number of hydrogen-bond donors (Lipinski definition) is 1. The fourth-order valence-corrected chi connectivity index (χ4v) is 2.80. The Morgan fingerprint density at radius 2 is 2.06 bits per heavy atom. The Balaban J connectivity index is 2.38. The van der Waals surface area contributed by atoms with Crippen LogP contribution in [0.2, 0.25) is 10.0 Å². The molecular formula is C12H11Cl2NS. The summed E-state index contributed by atoms with van der Waals surface area (Å²) in [6.07, 6.45) is 0. The molecule has 0 atom stereocenters. The Morgan fingerprint density at radius 1 is 1.25 bits per heavy atom. The molecule has 1 aromatic carbocycles. The van der Waals surface area contributed by atoms with Crippen LogP contribution in [-0.2, 0) is 6.54 Å². The van der Waals surface area contributed by atoms with E-state index in [0.29, 0.717) is 5.02 Å². The predicted octanol–water partition coefficient (Wildman–Crippen LogP) is 4.44. The van der Waals surface area contributed by atoms with Crippen LogP contribution in [0, 0.1) is 0 Å². The zero-order valence-corrected chi connectivity index (χ0v) is 11.1. The van der Waals surface area contributed by atoms with Gasteiger partial charge in [-0.25, -0.2) is 0 Å². The molecule has 2 rings (SSSR count). The van der Waals surface area contributed by atoms with Crippen molar-refractivity contribution in [2.75, 3.05) is 7.05 Å². The van der Waals surface area contributed by atoms with Crippen molar-refractivity contribution < 1.29 is 0 Å². The van der Waals surface area contributed by atoms with Gasteiger partial charge in [0, 0.05) is 27.0 Å². The summed E-state index contributed by atoms with van der Waals surface area (Å²) in [5.41, 5.74) is 2.12.